The molecular formula is C19H20O4. The van der Waals surface area contributed by atoms with Crippen LogP contribution in [0.5, 0.6) is 5.75 Å². The number of carbonyl (C=O) groups excluding carboxylic acids is 1. The van der Waals surface area contributed by atoms with Gasteiger partial charge in [-0.2, -0.15) is 0 Å². The maximum atomic E-state index is 11.5. The molecule has 0 saturated carbocycles. The molecule has 0 fully saturated rings. The molecule has 0 aromatic heterocycles. The van der Waals surface area contributed by atoms with Crippen molar-refractivity contribution in [1.82, 2.24) is 0 Å². The number of ether oxygens (including phenoxy) is 1. The van der Waals surface area contributed by atoms with E-state index < -0.39 is 5.97 Å². The average Bonchev–Trinajstić information content (AvgIpc) is 2.45. The smallest absolute Gasteiger partial charge is 0.328 e. The second-order valence-corrected chi connectivity index (χ2v) is 5.80. The highest BCUT2D eigenvalue weighted by atomic mass is 16.5. The molecule has 0 amide bonds. The van der Waals surface area contributed by atoms with Crippen LogP contribution in [0, 0.1) is 6.92 Å². The molecule has 0 aliphatic rings. The van der Waals surface area contributed by atoms with Crippen LogP contribution in [-0.2, 0) is 9.59 Å². The standard InChI is InChI=1S/C19H20O4/c1-11(2)16-10-14(8-9-17(21)22)15-7-5-6-12(3)18(15)19(16)23-13(4)20/h5-11H,1-4H3,(H,21,22)/b9-8+. The number of benzene rings is 2. The number of rotatable bonds is 4. The van der Waals surface area contributed by atoms with Gasteiger partial charge in [-0.15, -0.1) is 0 Å². The summed E-state index contributed by atoms with van der Waals surface area (Å²) in [5, 5.41) is 10.6. The van der Waals surface area contributed by atoms with Crippen molar-refractivity contribution in [3.8, 4) is 5.75 Å². The molecule has 4 heteroatoms. The third kappa shape index (κ3) is 3.59. The Morgan fingerprint density at radius 2 is 1.96 bits per heavy atom. The fourth-order valence-corrected chi connectivity index (χ4v) is 2.65. The number of carbonyl (C=O) groups is 2. The summed E-state index contributed by atoms with van der Waals surface area (Å²) in [6.45, 7) is 7.35. The van der Waals surface area contributed by atoms with Crippen molar-refractivity contribution in [2.24, 2.45) is 0 Å². The maximum absolute atomic E-state index is 11.5. The van der Waals surface area contributed by atoms with Gasteiger partial charge in [-0.25, -0.2) is 4.79 Å². The molecule has 4 nitrogen and oxygen atoms in total. The summed E-state index contributed by atoms with van der Waals surface area (Å²) in [6.07, 6.45) is 2.69. The van der Waals surface area contributed by atoms with E-state index in [1.807, 2.05) is 45.0 Å². The third-order valence-corrected chi connectivity index (χ3v) is 3.66. The normalized spacial score (nSPS) is 11.3. The van der Waals surface area contributed by atoms with E-state index in [-0.39, 0.29) is 11.9 Å². The van der Waals surface area contributed by atoms with Gasteiger partial charge in [0.2, 0.25) is 0 Å². The van der Waals surface area contributed by atoms with Crippen molar-refractivity contribution >= 4 is 28.8 Å². The molecule has 0 aliphatic heterocycles. The van der Waals surface area contributed by atoms with Crippen LogP contribution in [0.1, 0.15) is 43.4 Å². The molecule has 2 aromatic rings. The van der Waals surface area contributed by atoms with Gasteiger partial charge in [-0.3, -0.25) is 4.79 Å². The zero-order valence-corrected chi connectivity index (χ0v) is 13.7. The van der Waals surface area contributed by atoms with Crippen LogP contribution in [0.2, 0.25) is 0 Å². The minimum Gasteiger partial charge on any atom is -0.478 e. The summed E-state index contributed by atoms with van der Waals surface area (Å²) < 4.78 is 5.50. The molecule has 2 rings (SSSR count). The molecule has 0 saturated heterocycles. The van der Waals surface area contributed by atoms with Crippen LogP contribution in [0.25, 0.3) is 16.8 Å². The predicted octanol–water partition coefficient (Wildman–Crippen LogP) is 4.29. The zero-order valence-electron chi connectivity index (χ0n) is 13.7. The number of hydrogen-bond donors (Lipinski definition) is 1. The Labute approximate surface area is 135 Å². The average molecular weight is 312 g/mol. The van der Waals surface area contributed by atoms with E-state index >= 15 is 0 Å². The zero-order chi connectivity index (χ0) is 17.1. The highest BCUT2D eigenvalue weighted by Crippen LogP contribution is 2.39. The lowest BCUT2D eigenvalue weighted by Gasteiger charge is -2.18. The molecule has 23 heavy (non-hydrogen) atoms. The van der Waals surface area contributed by atoms with Crippen LogP contribution in [0.15, 0.2) is 30.3 Å². The molecule has 0 unspecified atom stereocenters. The van der Waals surface area contributed by atoms with E-state index in [1.165, 1.54) is 6.92 Å². The number of carboxylic acids is 1. The maximum Gasteiger partial charge on any atom is 0.328 e. The monoisotopic (exact) mass is 312 g/mol. The number of fused-ring (bicyclic) bond motifs is 1. The summed E-state index contributed by atoms with van der Waals surface area (Å²) in [7, 11) is 0. The van der Waals surface area contributed by atoms with Gasteiger partial charge < -0.3 is 9.84 Å². The Balaban J connectivity index is 2.87. The Morgan fingerprint density at radius 3 is 2.52 bits per heavy atom. The van der Waals surface area contributed by atoms with Crippen LogP contribution >= 0.6 is 0 Å². The van der Waals surface area contributed by atoms with Crippen LogP contribution in [0.3, 0.4) is 0 Å². The van der Waals surface area contributed by atoms with E-state index in [0.29, 0.717) is 5.75 Å². The summed E-state index contributed by atoms with van der Waals surface area (Å²) >= 11 is 0. The van der Waals surface area contributed by atoms with Gasteiger partial charge in [0.05, 0.1) is 0 Å². The minimum absolute atomic E-state index is 0.130. The van der Waals surface area contributed by atoms with Crippen molar-refractivity contribution in [3.63, 3.8) is 0 Å². The molecule has 0 aliphatic carbocycles. The van der Waals surface area contributed by atoms with Crippen molar-refractivity contribution in [2.75, 3.05) is 0 Å². The first kappa shape index (κ1) is 16.7. The van der Waals surface area contributed by atoms with Gasteiger partial charge >= 0.3 is 11.9 Å². The first-order valence-electron chi connectivity index (χ1n) is 7.47. The Morgan fingerprint density at radius 1 is 1.26 bits per heavy atom. The van der Waals surface area contributed by atoms with Crippen LogP contribution in [0.4, 0.5) is 0 Å². The van der Waals surface area contributed by atoms with Crippen LogP contribution in [-0.4, -0.2) is 17.0 Å². The fourth-order valence-electron chi connectivity index (χ4n) is 2.65. The molecule has 0 radical (unpaired) electrons. The van der Waals surface area contributed by atoms with Crippen molar-refractivity contribution in [2.45, 2.75) is 33.6 Å². The molecule has 1 N–H and O–H groups in total. The van der Waals surface area contributed by atoms with Gasteiger partial charge in [0.1, 0.15) is 5.75 Å². The number of aliphatic carboxylic acids is 1. The molecule has 0 atom stereocenters. The van der Waals surface area contributed by atoms with E-state index in [0.717, 1.165) is 33.5 Å². The Kier molecular flexibility index (Phi) is 4.84. The lowest BCUT2D eigenvalue weighted by molar-refractivity contribution is -0.132. The van der Waals surface area contributed by atoms with Gasteiger partial charge in [-0.05, 0) is 47.1 Å². The first-order valence-corrected chi connectivity index (χ1v) is 7.47. The highest BCUT2D eigenvalue weighted by molar-refractivity contribution is 6.01. The fraction of sp³-hybridized carbons (Fsp3) is 0.263. The summed E-state index contributed by atoms with van der Waals surface area (Å²) in [5.41, 5.74) is 2.66. The van der Waals surface area contributed by atoms with Crippen molar-refractivity contribution in [1.29, 1.82) is 0 Å². The van der Waals surface area contributed by atoms with Crippen LogP contribution < -0.4 is 4.74 Å². The van der Waals surface area contributed by atoms with Gasteiger partial charge in [0.15, 0.2) is 0 Å². The first-order chi connectivity index (χ1) is 10.8. The lowest BCUT2D eigenvalue weighted by Crippen LogP contribution is -2.07. The second kappa shape index (κ2) is 6.65. The highest BCUT2D eigenvalue weighted by Gasteiger charge is 2.18. The second-order valence-electron chi connectivity index (χ2n) is 5.80. The summed E-state index contributed by atoms with van der Waals surface area (Å²) in [4.78, 5) is 22.4. The number of esters is 1. The van der Waals surface area contributed by atoms with E-state index in [4.69, 9.17) is 9.84 Å². The van der Waals surface area contributed by atoms with Gasteiger partial charge in [0.25, 0.3) is 0 Å². The lowest BCUT2D eigenvalue weighted by atomic mass is 9.91. The quantitative estimate of drug-likeness (QED) is 0.519. The largest absolute Gasteiger partial charge is 0.478 e. The Hall–Kier alpha value is -2.62. The summed E-state index contributed by atoms with van der Waals surface area (Å²) in [5.74, 6) is -0.676. The molecular weight excluding hydrogens is 292 g/mol. The molecule has 2 aromatic carbocycles. The SMILES string of the molecule is CC(=O)Oc1c(C(C)C)cc(/C=C/C(=O)O)c2cccc(C)c12. The van der Waals surface area contributed by atoms with Crippen molar-refractivity contribution < 1.29 is 19.4 Å². The van der Waals surface area contributed by atoms with E-state index in [2.05, 4.69) is 0 Å². The number of aryl methyl sites for hydroxylation is 1. The molecule has 0 bridgehead atoms. The molecule has 0 heterocycles. The number of carboxylic acid groups (broad SMARTS) is 1. The minimum atomic E-state index is -0.999. The summed E-state index contributed by atoms with van der Waals surface area (Å²) in [6, 6.07) is 7.65. The Bertz CT molecular complexity index is 801. The number of hydrogen-bond acceptors (Lipinski definition) is 3. The van der Waals surface area contributed by atoms with Crippen molar-refractivity contribution in [3.05, 3.63) is 47.0 Å². The topological polar surface area (TPSA) is 63.6 Å². The van der Waals surface area contributed by atoms with E-state index in [1.54, 1.807) is 6.08 Å². The van der Waals surface area contributed by atoms with Gasteiger partial charge in [-0.1, -0.05) is 32.0 Å². The predicted molar refractivity (Wildman–Crippen MR) is 90.8 cm³/mol. The third-order valence-electron chi connectivity index (χ3n) is 3.66. The van der Waals surface area contributed by atoms with E-state index in [9.17, 15) is 9.59 Å². The molecule has 0 spiro atoms. The molecule has 120 valence electrons. The van der Waals surface area contributed by atoms with Gasteiger partial charge in [0, 0.05) is 18.4 Å².